The van der Waals surface area contributed by atoms with E-state index in [4.69, 9.17) is 0 Å². The van der Waals surface area contributed by atoms with Crippen LogP contribution in [0.5, 0.6) is 0 Å². The summed E-state index contributed by atoms with van der Waals surface area (Å²) in [6.07, 6.45) is 0. The normalized spacial score (nSPS) is 10.6. The molecule has 0 bridgehead atoms. The predicted octanol–water partition coefficient (Wildman–Crippen LogP) is 4.05. The summed E-state index contributed by atoms with van der Waals surface area (Å²) < 4.78 is 0.635. The molecule has 0 saturated heterocycles. The van der Waals surface area contributed by atoms with Gasteiger partial charge >= 0.3 is 11.9 Å². The summed E-state index contributed by atoms with van der Waals surface area (Å²) >= 11 is 2.90. The van der Waals surface area contributed by atoms with Crippen LogP contribution in [0.1, 0.15) is 20.7 Å². The van der Waals surface area contributed by atoms with Crippen molar-refractivity contribution in [3.8, 4) is 0 Å². The molecule has 3 rings (SSSR count). The van der Waals surface area contributed by atoms with Crippen molar-refractivity contribution < 1.29 is 29.6 Å². The van der Waals surface area contributed by atoms with Gasteiger partial charge in [-0.05, 0) is 12.1 Å². The van der Waals surface area contributed by atoms with Crippen LogP contribution in [0.25, 0.3) is 0 Å². The Balaban J connectivity index is 1.85. The summed E-state index contributed by atoms with van der Waals surface area (Å²) in [6, 6.07) is 6.80. The molecule has 15 heteroatoms. The van der Waals surface area contributed by atoms with Gasteiger partial charge in [0, 0.05) is 34.1 Å². The number of non-ortho nitro benzene ring substituents is 2. The maximum atomic E-state index is 11.4. The molecular weight excluding hydrogens is 472 g/mol. The molecule has 31 heavy (non-hydrogen) atoms. The van der Waals surface area contributed by atoms with Gasteiger partial charge in [0.1, 0.15) is 0 Å². The van der Waals surface area contributed by atoms with E-state index in [0.29, 0.717) is 8.68 Å². The highest BCUT2D eigenvalue weighted by Gasteiger charge is 2.20. The first-order valence-electron chi connectivity index (χ1n) is 7.88. The van der Waals surface area contributed by atoms with Gasteiger partial charge in [-0.3, -0.25) is 20.2 Å². The van der Waals surface area contributed by atoms with Crippen molar-refractivity contribution in [3.63, 3.8) is 0 Å². The Bertz CT molecular complexity index is 1140. The molecule has 0 saturated carbocycles. The minimum Gasteiger partial charge on any atom is -0.478 e. The van der Waals surface area contributed by atoms with E-state index < -0.39 is 21.8 Å². The number of hydrogen-bond acceptors (Lipinski definition) is 11. The van der Waals surface area contributed by atoms with Crippen LogP contribution >= 0.6 is 34.9 Å². The van der Waals surface area contributed by atoms with Crippen LogP contribution < -0.4 is 0 Å². The van der Waals surface area contributed by atoms with Crippen molar-refractivity contribution in [1.82, 2.24) is 10.2 Å². The Hall–Kier alpha value is -3.56. The number of aromatic nitrogens is 2. The zero-order valence-corrected chi connectivity index (χ0v) is 17.3. The van der Waals surface area contributed by atoms with E-state index in [1.165, 1.54) is 24.3 Å². The highest BCUT2D eigenvalue weighted by molar-refractivity contribution is 8.03. The molecule has 0 aliphatic rings. The molecule has 158 valence electrons. The van der Waals surface area contributed by atoms with Gasteiger partial charge in [-0.2, -0.15) is 0 Å². The van der Waals surface area contributed by atoms with Crippen LogP contribution in [-0.4, -0.2) is 42.2 Å². The number of benzene rings is 2. The number of rotatable bonds is 8. The van der Waals surface area contributed by atoms with Gasteiger partial charge in [-0.1, -0.05) is 34.9 Å². The molecule has 12 nitrogen and oxygen atoms in total. The van der Waals surface area contributed by atoms with Crippen molar-refractivity contribution in [1.29, 1.82) is 0 Å². The second-order valence-corrected chi connectivity index (χ2v) is 9.08. The number of nitrogens with zero attached hydrogens (tertiary/aromatic N) is 4. The molecule has 1 aromatic heterocycles. The number of carbonyl (C=O) groups is 2. The average Bonchev–Trinajstić information content (AvgIpc) is 3.14. The van der Waals surface area contributed by atoms with Crippen molar-refractivity contribution in [3.05, 3.63) is 67.8 Å². The van der Waals surface area contributed by atoms with Crippen molar-refractivity contribution in [2.45, 2.75) is 18.5 Å². The SMILES string of the molecule is O=C(O)c1cc([N+](=O)[O-])ccc1Sc1nnc(Sc2ccc([N+](=O)[O-])cc2C(=O)O)s1. The molecule has 0 unspecified atom stereocenters. The first kappa shape index (κ1) is 22.1. The third-order valence-electron chi connectivity index (χ3n) is 3.59. The Morgan fingerprint density at radius 1 is 0.806 bits per heavy atom. The number of nitro groups is 2. The van der Waals surface area contributed by atoms with Crippen LogP contribution in [0.2, 0.25) is 0 Å². The third kappa shape index (κ3) is 5.14. The van der Waals surface area contributed by atoms with Gasteiger partial charge in [0.25, 0.3) is 11.4 Å². The van der Waals surface area contributed by atoms with Gasteiger partial charge in [0.15, 0.2) is 8.68 Å². The third-order valence-corrected chi connectivity index (χ3v) is 6.77. The summed E-state index contributed by atoms with van der Waals surface area (Å²) in [5, 5.41) is 48.2. The van der Waals surface area contributed by atoms with Gasteiger partial charge in [0.2, 0.25) is 0 Å². The largest absolute Gasteiger partial charge is 0.478 e. The number of hydrogen-bond donors (Lipinski definition) is 2. The zero-order chi connectivity index (χ0) is 22.7. The Labute approximate surface area is 184 Å². The molecule has 0 fully saturated rings. The standard InChI is InChI=1S/C16H8N4O8S3/c21-13(22)9-5-7(19(25)26)1-3-11(9)29-15-17-18-16(31-15)30-12-4-2-8(20(27)28)6-10(12)14(23)24/h1-6H,(H,21,22)(H,23,24). The molecule has 0 aliphatic heterocycles. The molecule has 0 aliphatic carbocycles. The van der Waals surface area contributed by atoms with Gasteiger partial charge in [-0.15, -0.1) is 10.2 Å². The summed E-state index contributed by atoms with van der Waals surface area (Å²) in [6.45, 7) is 0. The Kier molecular flexibility index (Phi) is 6.47. The molecule has 1 heterocycles. The maximum absolute atomic E-state index is 11.4. The Morgan fingerprint density at radius 3 is 1.52 bits per heavy atom. The van der Waals surface area contributed by atoms with E-state index in [1.54, 1.807) is 0 Å². The summed E-state index contributed by atoms with van der Waals surface area (Å²) in [4.78, 5) is 43.6. The lowest BCUT2D eigenvalue weighted by Gasteiger charge is -2.03. The molecule has 0 atom stereocenters. The monoisotopic (exact) mass is 480 g/mol. The first-order chi connectivity index (χ1) is 14.7. The van der Waals surface area contributed by atoms with Crippen molar-refractivity contribution in [2.24, 2.45) is 0 Å². The van der Waals surface area contributed by atoms with Crippen molar-refractivity contribution >= 4 is 58.2 Å². The lowest BCUT2D eigenvalue weighted by Crippen LogP contribution is -2.00. The highest BCUT2D eigenvalue weighted by atomic mass is 32.2. The van der Waals surface area contributed by atoms with Crippen LogP contribution in [0.15, 0.2) is 54.9 Å². The van der Waals surface area contributed by atoms with E-state index in [2.05, 4.69) is 10.2 Å². The Morgan fingerprint density at radius 2 is 1.19 bits per heavy atom. The van der Waals surface area contributed by atoms with Crippen molar-refractivity contribution in [2.75, 3.05) is 0 Å². The lowest BCUT2D eigenvalue weighted by atomic mass is 10.2. The molecule has 3 aromatic rings. The second kappa shape index (κ2) is 9.07. The zero-order valence-electron chi connectivity index (χ0n) is 14.8. The molecule has 0 amide bonds. The number of carboxylic acid groups (broad SMARTS) is 2. The lowest BCUT2D eigenvalue weighted by molar-refractivity contribution is -0.385. The molecule has 0 radical (unpaired) electrons. The minimum absolute atomic E-state index is 0.215. The molecule has 0 spiro atoms. The van der Waals surface area contributed by atoms with Gasteiger partial charge in [-0.25, -0.2) is 9.59 Å². The van der Waals surface area contributed by atoms with Gasteiger partial charge < -0.3 is 10.2 Å². The maximum Gasteiger partial charge on any atom is 0.337 e. The van der Waals surface area contributed by atoms with Crippen LogP contribution in [0.4, 0.5) is 11.4 Å². The van der Waals surface area contributed by atoms with E-state index in [9.17, 15) is 40.0 Å². The van der Waals surface area contributed by atoms with E-state index in [1.807, 2.05) is 0 Å². The summed E-state index contributed by atoms with van der Waals surface area (Å²) in [5.41, 5.74) is -1.27. The van der Waals surface area contributed by atoms with Crippen LogP contribution in [0, 0.1) is 20.2 Å². The van der Waals surface area contributed by atoms with Crippen LogP contribution in [-0.2, 0) is 0 Å². The first-order valence-corrected chi connectivity index (χ1v) is 10.3. The molecular formula is C16H8N4O8S3. The quantitative estimate of drug-likeness (QED) is 0.348. The number of carboxylic acids is 2. The number of aromatic carboxylic acids is 2. The summed E-state index contributed by atoms with van der Waals surface area (Å²) in [5.74, 6) is -2.69. The fraction of sp³-hybridized carbons (Fsp3) is 0. The predicted molar refractivity (Wildman–Crippen MR) is 108 cm³/mol. The van der Waals surface area contributed by atoms with Gasteiger partial charge in [0.05, 0.1) is 21.0 Å². The smallest absolute Gasteiger partial charge is 0.337 e. The van der Waals surface area contributed by atoms with E-state index in [-0.39, 0.29) is 32.3 Å². The van der Waals surface area contributed by atoms with E-state index >= 15 is 0 Å². The fourth-order valence-corrected chi connectivity index (χ4v) is 5.38. The topological polar surface area (TPSA) is 187 Å². The fourth-order valence-electron chi connectivity index (χ4n) is 2.24. The van der Waals surface area contributed by atoms with Crippen LogP contribution in [0.3, 0.4) is 0 Å². The molecule has 2 N–H and O–H groups in total. The molecule has 2 aromatic carbocycles. The second-order valence-electron chi connectivity index (χ2n) is 5.52. The highest BCUT2D eigenvalue weighted by Crippen LogP contribution is 2.39. The number of nitro benzene ring substituents is 2. The average molecular weight is 480 g/mol. The van der Waals surface area contributed by atoms with E-state index in [0.717, 1.165) is 47.0 Å². The minimum atomic E-state index is -1.35. The summed E-state index contributed by atoms with van der Waals surface area (Å²) in [7, 11) is 0.